The molecule has 0 aliphatic heterocycles. The quantitative estimate of drug-likeness (QED) is 0.847. The second-order valence-corrected chi connectivity index (χ2v) is 4.25. The second-order valence-electron chi connectivity index (χ2n) is 3.87. The fourth-order valence-electron chi connectivity index (χ4n) is 1.71. The number of methoxy groups -OCH3 is 1. The van der Waals surface area contributed by atoms with Gasteiger partial charge in [-0.1, -0.05) is 23.8 Å². The van der Waals surface area contributed by atoms with Crippen molar-refractivity contribution >= 4 is 12.2 Å². The molecule has 2 rings (SSSR count). The van der Waals surface area contributed by atoms with E-state index in [0.717, 1.165) is 11.4 Å². The number of benzene rings is 1. The van der Waals surface area contributed by atoms with E-state index in [1.54, 1.807) is 7.11 Å². The van der Waals surface area contributed by atoms with Gasteiger partial charge >= 0.3 is 0 Å². The Kier molecular flexibility index (Phi) is 3.71. The number of rotatable bonds is 4. The van der Waals surface area contributed by atoms with E-state index in [1.807, 2.05) is 16.7 Å². The Balaban J connectivity index is 2.42. The molecule has 4 nitrogen and oxygen atoms in total. The van der Waals surface area contributed by atoms with Crippen molar-refractivity contribution in [1.82, 2.24) is 14.8 Å². The topological polar surface area (TPSA) is 42.8 Å². The van der Waals surface area contributed by atoms with E-state index in [1.165, 1.54) is 5.56 Å². The highest BCUT2D eigenvalue weighted by Gasteiger charge is 2.08. The van der Waals surface area contributed by atoms with Crippen LogP contribution in [0, 0.1) is 11.7 Å². The molecule has 1 aromatic carbocycles. The van der Waals surface area contributed by atoms with Crippen molar-refractivity contribution < 1.29 is 4.74 Å². The van der Waals surface area contributed by atoms with Crippen LogP contribution in [0.25, 0.3) is 11.4 Å². The first-order valence-electron chi connectivity index (χ1n) is 5.43. The molecule has 17 heavy (non-hydrogen) atoms. The molecule has 0 saturated carbocycles. The van der Waals surface area contributed by atoms with Gasteiger partial charge in [-0.05, 0) is 25.2 Å². The van der Waals surface area contributed by atoms with Crippen LogP contribution >= 0.6 is 12.2 Å². The lowest BCUT2D eigenvalue weighted by atomic mass is 10.1. The zero-order valence-corrected chi connectivity index (χ0v) is 10.8. The van der Waals surface area contributed by atoms with E-state index >= 15 is 0 Å². The first kappa shape index (κ1) is 12.0. The number of aromatic amines is 1. The number of nitrogens with one attached hydrogen (secondary N) is 1. The molecular formula is C12H15N3OS. The molecular weight excluding hydrogens is 234 g/mol. The lowest BCUT2D eigenvalue weighted by Crippen LogP contribution is -2.06. The van der Waals surface area contributed by atoms with Crippen molar-refractivity contribution in [2.45, 2.75) is 13.5 Å². The van der Waals surface area contributed by atoms with Gasteiger partial charge in [0, 0.05) is 12.7 Å². The summed E-state index contributed by atoms with van der Waals surface area (Å²) < 4.78 is 7.65. The highest BCUT2D eigenvalue weighted by atomic mass is 32.1. The maximum Gasteiger partial charge on any atom is 0.195 e. The Hall–Kier alpha value is -1.46. The summed E-state index contributed by atoms with van der Waals surface area (Å²) in [4.78, 5) is 0. The second kappa shape index (κ2) is 5.25. The molecule has 1 N–H and O–H groups in total. The lowest BCUT2D eigenvalue weighted by molar-refractivity contribution is 0.187. The molecule has 0 unspecified atom stereocenters. The van der Waals surface area contributed by atoms with E-state index in [-0.39, 0.29) is 0 Å². The number of nitrogens with zero attached hydrogens (tertiary/aromatic N) is 2. The Bertz CT molecular complexity index is 559. The molecule has 90 valence electrons. The third kappa shape index (κ3) is 2.62. The molecule has 0 saturated heterocycles. The minimum absolute atomic E-state index is 0.618. The van der Waals surface area contributed by atoms with Crippen LogP contribution in [0.5, 0.6) is 0 Å². The van der Waals surface area contributed by atoms with E-state index in [4.69, 9.17) is 17.0 Å². The molecule has 0 atom stereocenters. The third-order valence-electron chi connectivity index (χ3n) is 2.55. The first-order valence-corrected chi connectivity index (χ1v) is 5.84. The highest BCUT2D eigenvalue weighted by Crippen LogP contribution is 2.18. The zero-order chi connectivity index (χ0) is 12.3. The van der Waals surface area contributed by atoms with Crippen molar-refractivity contribution in [2.24, 2.45) is 0 Å². The molecule has 1 heterocycles. The van der Waals surface area contributed by atoms with Crippen LogP contribution in [0.15, 0.2) is 24.3 Å². The summed E-state index contributed by atoms with van der Waals surface area (Å²) in [5.74, 6) is 0.857. The smallest absolute Gasteiger partial charge is 0.195 e. The summed E-state index contributed by atoms with van der Waals surface area (Å²) in [5.41, 5.74) is 2.27. The number of H-pyrrole nitrogens is 1. The number of aromatic nitrogens is 3. The van der Waals surface area contributed by atoms with Gasteiger partial charge in [0.1, 0.15) is 0 Å². The maximum absolute atomic E-state index is 5.21. The van der Waals surface area contributed by atoms with Gasteiger partial charge in [-0.2, -0.15) is 5.10 Å². The summed E-state index contributed by atoms with van der Waals surface area (Å²) in [6.07, 6.45) is 0. The van der Waals surface area contributed by atoms with E-state index in [2.05, 4.69) is 29.3 Å². The van der Waals surface area contributed by atoms with Crippen LogP contribution in [0.3, 0.4) is 0 Å². The fraction of sp³-hybridized carbons (Fsp3) is 0.333. The van der Waals surface area contributed by atoms with Gasteiger partial charge < -0.3 is 4.74 Å². The number of hydrogen-bond acceptors (Lipinski definition) is 3. The van der Waals surface area contributed by atoms with Crippen molar-refractivity contribution in [3.05, 3.63) is 34.6 Å². The Morgan fingerprint density at radius 2 is 2.29 bits per heavy atom. The molecule has 0 aliphatic carbocycles. The number of hydrogen-bond donors (Lipinski definition) is 1. The van der Waals surface area contributed by atoms with E-state index < -0.39 is 0 Å². The first-order chi connectivity index (χ1) is 8.22. The van der Waals surface area contributed by atoms with Crippen LogP contribution < -0.4 is 0 Å². The number of ether oxygens (including phenoxy) is 1. The van der Waals surface area contributed by atoms with Crippen molar-refractivity contribution in [3.8, 4) is 11.4 Å². The van der Waals surface area contributed by atoms with Crippen molar-refractivity contribution in [2.75, 3.05) is 13.7 Å². The van der Waals surface area contributed by atoms with Crippen LogP contribution in [0.1, 0.15) is 5.56 Å². The molecule has 2 aromatic rings. The van der Waals surface area contributed by atoms with Crippen LogP contribution in [-0.2, 0) is 11.3 Å². The van der Waals surface area contributed by atoms with Crippen molar-refractivity contribution in [1.29, 1.82) is 0 Å². The Morgan fingerprint density at radius 3 is 3.00 bits per heavy atom. The summed E-state index contributed by atoms with van der Waals surface area (Å²) in [5, 5.41) is 7.09. The molecule has 0 aliphatic rings. The number of aryl methyl sites for hydroxylation is 1. The van der Waals surface area contributed by atoms with Gasteiger partial charge in [-0.3, -0.25) is 9.67 Å². The van der Waals surface area contributed by atoms with Crippen LogP contribution in [0.4, 0.5) is 0 Å². The predicted molar refractivity (Wildman–Crippen MR) is 69.5 cm³/mol. The van der Waals surface area contributed by atoms with Gasteiger partial charge in [0.25, 0.3) is 0 Å². The SMILES string of the molecule is COCCn1c(-c2cccc(C)c2)n[nH]c1=S. The molecule has 5 heteroatoms. The van der Waals surface area contributed by atoms with Gasteiger partial charge in [0.05, 0.1) is 13.2 Å². The molecule has 0 bridgehead atoms. The van der Waals surface area contributed by atoms with E-state index in [9.17, 15) is 0 Å². The van der Waals surface area contributed by atoms with Gasteiger partial charge in [0.2, 0.25) is 0 Å². The molecule has 0 amide bonds. The molecule has 0 radical (unpaired) electrons. The Labute approximate surface area is 105 Å². The fourth-order valence-corrected chi connectivity index (χ4v) is 1.94. The minimum Gasteiger partial charge on any atom is -0.383 e. The summed E-state index contributed by atoms with van der Waals surface area (Å²) in [7, 11) is 1.68. The minimum atomic E-state index is 0.618. The third-order valence-corrected chi connectivity index (χ3v) is 2.87. The average Bonchev–Trinajstić information content (AvgIpc) is 2.68. The molecule has 1 aromatic heterocycles. The summed E-state index contributed by atoms with van der Waals surface area (Å²) >= 11 is 5.21. The zero-order valence-electron chi connectivity index (χ0n) is 9.93. The predicted octanol–water partition coefficient (Wildman–Crippen LogP) is 2.56. The van der Waals surface area contributed by atoms with Crippen molar-refractivity contribution in [3.63, 3.8) is 0 Å². The standard InChI is InChI=1S/C12H15N3OS/c1-9-4-3-5-10(8-9)11-13-14-12(17)15(11)6-7-16-2/h3-5,8H,6-7H2,1-2H3,(H,14,17). The van der Waals surface area contributed by atoms with E-state index in [0.29, 0.717) is 17.9 Å². The summed E-state index contributed by atoms with van der Waals surface area (Å²) in [6.45, 7) is 3.38. The van der Waals surface area contributed by atoms with Gasteiger partial charge in [0.15, 0.2) is 10.6 Å². The Morgan fingerprint density at radius 1 is 1.47 bits per heavy atom. The summed E-state index contributed by atoms with van der Waals surface area (Å²) in [6, 6.07) is 8.20. The highest BCUT2D eigenvalue weighted by molar-refractivity contribution is 7.71. The van der Waals surface area contributed by atoms with Crippen LogP contribution in [-0.4, -0.2) is 28.5 Å². The van der Waals surface area contributed by atoms with Gasteiger partial charge in [-0.15, -0.1) is 0 Å². The van der Waals surface area contributed by atoms with Crippen LogP contribution in [0.2, 0.25) is 0 Å². The maximum atomic E-state index is 5.21. The molecule has 0 fully saturated rings. The largest absolute Gasteiger partial charge is 0.383 e. The van der Waals surface area contributed by atoms with Gasteiger partial charge in [-0.25, -0.2) is 0 Å². The average molecular weight is 249 g/mol. The lowest BCUT2D eigenvalue weighted by Gasteiger charge is -2.06. The normalized spacial score (nSPS) is 10.7. The monoisotopic (exact) mass is 249 g/mol. The molecule has 0 spiro atoms.